The predicted molar refractivity (Wildman–Crippen MR) is 95.4 cm³/mol. The number of carbonyl (C=O) groups is 3. The number of hydrogen-bond donors (Lipinski definition) is 0. The standard InChI is InChI=1S/C20H16N2O5/c1-26-17-16(20(25)27-2)13(10-11-21-17)7-5-6-12-22-18(23)14-8-3-4-9-15(14)19(22)24/h3-4,8-11H,6,12H2,1-2H3. The van der Waals surface area contributed by atoms with Gasteiger partial charge in [-0.25, -0.2) is 9.78 Å². The number of aromatic nitrogens is 1. The summed E-state index contributed by atoms with van der Waals surface area (Å²) in [5.74, 6) is 4.61. The van der Waals surface area contributed by atoms with E-state index < -0.39 is 5.97 Å². The fraction of sp³-hybridized carbons (Fsp3) is 0.200. The van der Waals surface area contributed by atoms with E-state index in [1.54, 1.807) is 30.3 Å². The lowest BCUT2D eigenvalue weighted by molar-refractivity contribution is 0.0593. The van der Waals surface area contributed by atoms with Crippen LogP contribution in [0.1, 0.15) is 43.1 Å². The van der Waals surface area contributed by atoms with Crippen LogP contribution in [0.25, 0.3) is 0 Å². The minimum atomic E-state index is -0.607. The van der Waals surface area contributed by atoms with Crippen molar-refractivity contribution in [3.8, 4) is 17.7 Å². The van der Waals surface area contributed by atoms with Crippen LogP contribution in [-0.4, -0.2) is 48.4 Å². The summed E-state index contributed by atoms with van der Waals surface area (Å²) in [7, 11) is 2.66. The molecule has 1 aromatic heterocycles. The summed E-state index contributed by atoms with van der Waals surface area (Å²) in [6.45, 7) is 0.162. The Morgan fingerprint density at radius 3 is 2.37 bits per heavy atom. The number of imide groups is 1. The van der Waals surface area contributed by atoms with Gasteiger partial charge in [0, 0.05) is 24.7 Å². The molecule has 27 heavy (non-hydrogen) atoms. The quantitative estimate of drug-likeness (QED) is 0.468. The molecule has 0 spiro atoms. The Kier molecular flexibility index (Phi) is 5.18. The number of carbonyl (C=O) groups excluding carboxylic acids is 3. The van der Waals surface area contributed by atoms with E-state index in [2.05, 4.69) is 16.8 Å². The highest BCUT2D eigenvalue weighted by Gasteiger charge is 2.34. The average Bonchev–Trinajstić information content (AvgIpc) is 2.95. The Morgan fingerprint density at radius 2 is 1.78 bits per heavy atom. The molecule has 0 saturated heterocycles. The molecular formula is C20H16N2O5. The van der Waals surface area contributed by atoms with Gasteiger partial charge in [0.1, 0.15) is 5.56 Å². The van der Waals surface area contributed by atoms with Crippen molar-refractivity contribution >= 4 is 17.8 Å². The number of amides is 2. The Bertz CT molecular complexity index is 952. The fourth-order valence-corrected chi connectivity index (χ4v) is 2.77. The van der Waals surface area contributed by atoms with Crippen molar-refractivity contribution in [2.75, 3.05) is 20.8 Å². The highest BCUT2D eigenvalue weighted by Crippen LogP contribution is 2.22. The number of ether oxygens (including phenoxy) is 2. The zero-order chi connectivity index (χ0) is 19.4. The second-order valence-electron chi connectivity index (χ2n) is 5.59. The summed E-state index contributed by atoms with van der Waals surface area (Å²) in [5, 5.41) is 0. The molecule has 0 bridgehead atoms. The van der Waals surface area contributed by atoms with Crippen LogP contribution >= 0.6 is 0 Å². The van der Waals surface area contributed by atoms with E-state index >= 15 is 0 Å². The Labute approximate surface area is 155 Å². The van der Waals surface area contributed by atoms with E-state index in [9.17, 15) is 14.4 Å². The summed E-state index contributed by atoms with van der Waals surface area (Å²) in [4.78, 5) is 41.7. The first-order chi connectivity index (χ1) is 13.1. The van der Waals surface area contributed by atoms with Crippen molar-refractivity contribution in [3.63, 3.8) is 0 Å². The van der Waals surface area contributed by atoms with Crippen molar-refractivity contribution in [2.24, 2.45) is 0 Å². The van der Waals surface area contributed by atoms with Crippen molar-refractivity contribution in [1.82, 2.24) is 9.88 Å². The highest BCUT2D eigenvalue weighted by atomic mass is 16.5. The van der Waals surface area contributed by atoms with Crippen LogP contribution in [0.3, 0.4) is 0 Å². The minimum absolute atomic E-state index is 0.119. The van der Waals surface area contributed by atoms with Gasteiger partial charge in [0.25, 0.3) is 11.8 Å². The van der Waals surface area contributed by atoms with Crippen LogP contribution in [-0.2, 0) is 4.74 Å². The first-order valence-corrected chi connectivity index (χ1v) is 8.14. The zero-order valence-electron chi connectivity index (χ0n) is 14.8. The molecule has 7 heteroatoms. The van der Waals surface area contributed by atoms with E-state index in [-0.39, 0.29) is 36.2 Å². The van der Waals surface area contributed by atoms with E-state index in [4.69, 9.17) is 9.47 Å². The van der Waals surface area contributed by atoms with Crippen LogP contribution in [0.5, 0.6) is 5.88 Å². The van der Waals surface area contributed by atoms with Crippen LogP contribution in [0, 0.1) is 11.8 Å². The lowest BCUT2D eigenvalue weighted by Crippen LogP contribution is -2.30. The molecule has 7 nitrogen and oxygen atoms in total. The van der Waals surface area contributed by atoms with Gasteiger partial charge in [-0.05, 0) is 18.2 Å². The number of esters is 1. The zero-order valence-corrected chi connectivity index (χ0v) is 14.8. The first-order valence-electron chi connectivity index (χ1n) is 8.14. The molecule has 2 aromatic rings. The van der Waals surface area contributed by atoms with Crippen molar-refractivity contribution in [3.05, 3.63) is 58.8 Å². The van der Waals surface area contributed by atoms with Crippen molar-refractivity contribution in [2.45, 2.75) is 6.42 Å². The third-order valence-electron chi connectivity index (χ3n) is 4.06. The predicted octanol–water partition coefficient (Wildman–Crippen LogP) is 1.91. The second kappa shape index (κ2) is 7.70. The van der Waals surface area contributed by atoms with Crippen LogP contribution in [0.15, 0.2) is 36.5 Å². The van der Waals surface area contributed by atoms with Gasteiger partial charge in [-0.3, -0.25) is 14.5 Å². The highest BCUT2D eigenvalue weighted by molar-refractivity contribution is 6.21. The topological polar surface area (TPSA) is 85.8 Å². The molecule has 0 saturated carbocycles. The Morgan fingerprint density at radius 1 is 1.11 bits per heavy atom. The molecule has 0 atom stereocenters. The number of fused-ring (bicyclic) bond motifs is 1. The van der Waals surface area contributed by atoms with Gasteiger partial charge < -0.3 is 9.47 Å². The van der Waals surface area contributed by atoms with Gasteiger partial charge in [0.05, 0.1) is 25.3 Å². The molecule has 0 unspecified atom stereocenters. The van der Waals surface area contributed by atoms with Crippen LogP contribution < -0.4 is 4.74 Å². The molecule has 1 aliphatic rings. The van der Waals surface area contributed by atoms with Gasteiger partial charge in [0.2, 0.25) is 5.88 Å². The van der Waals surface area contributed by atoms with E-state index in [1.165, 1.54) is 25.3 Å². The van der Waals surface area contributed by atoms with Gasteiger partial charge in [-0.1, -0.05) is 24.0 Å². The molecule has 0 fully saturated rings. The average molecular weight is 364 g/mol. The lowest BCUT2D eigenvalue weighted by Gasteiger charge is -2.11. The van der Waals surface area contributed by atoms with Crippen LogP contribution in [0.2, 0.25) is 0 Å². The SMILES string of the molecule is COC(=O)c1c(C#CCCN2C(=O)c3ccccc3C2=O)ccnc1OC. The molecule has 1 aromatic carbocycles. The van der Waals surface area contributed by atoms with E-state index in [0.29, 0.717) is 16.7 Å². The maximum Gasteiger partial charge on any atom is 0.344 e. The third-order valence-corrected chi connectivity index (χ3v) is 4.06. The molecular weight excluding hydrogens is 348 g/mol. The number of benzene rings is 1. The smallest absolute Gasteiger partial charge is 0.344 e. The van der Waals surface area contributed by atoms with Crippen molar-refractivity contribution < 1.29 is 23.9 Å². The largest absolute Gasteiger partial charge is 0.480 e. The molecule has 2 amide bonds. The van der Waals surface area contributed by atoms with E-state index in [0.717, 1.165) is 0 Å². The maximum atomic E-state index is 12.3. The number of rotatable bonds is 4. The maximum absolute atomic E-state index is 12.3. The first kappa shape index (κ1) is 18.1. The van der Waals surface area contributed by atoms with Gasteiger partial charge in [0.15, 0.2) is 0 Å². The Hall–Kier alpha value is -3.66. The molecule has 2 heterocycles. The molecule has 0 aliphatic carbocycles. The number of methoxy groups -OCH3 is 2. The fourth-order valence-electron chi connectivity index (χ4n) is 2.77. The number of pyridine rings is 1. The lowest BCUT2D eigenvalue weighted by atomic mass is 10.1. The number of nitrogens with zero attached hydrogens (tertiary/aromatic N) is 2. The summed E-state index contributed by atoms with van der Waals surface area (Å²) >= 11 is 0. The van der Waals surface area contributed by atoms with Crippen molar-refractivity contribution in [1.29, 1.82) is 0 Å². The summed E-state index contributed by atoms with van der Waals surface area (Å²) < 4.78 is 9.83. The summed E-state index contributed by atoms with van der Waals surface area (Å²) in [6, 6.07) is 8.28. The number of hydrogen-bond acceptors (Lipinski definition) is 6. The monoisotopic (exact) mass is 364 g/mol. The van der Waals surface area contributed by atoms with Gasteiger partial charge >= 0.3 is 5.97 Å². The Balaban J connectivity index is 1.75. The summed E-state index contributed by atoms with van der Waals surface area (Å²) in [6.07, 6.45) is 1.73. The molecule has 0 N–H and O–H groups in total. The molecule has 136 valence electrons. The van der Waals surface area contributed by atoms with Crippen LogP contribution in [0.4, 0.5) is 0 Å². The van der Waals surface area contributed by atoms with Gasteiger partial charge in [-0.2, -0.15) is 0 Å². The minimum Gasteiger partial charge on any atom is -0.480 e. The molecule has 1 aliphatic heterocycles. The summed E-state index contributed by atoms with van der Waals surface area (Å²) in [5.41, 5.74) is 1.34. The third kappa shape index (κ3) is 3.37. The second-order valence-corrected chi connectivity index (χ2v) is 5.59. The van der Waals surface area contributed by atoms with Gasteiger partial charge in [-0.15, -0.1) is 0 Å². The molecule has 3 rings (SSSR count). The van der Waals surface area contributed by atoms with E-state index in [1.807, 2.05) is 0 Å². The normalized spacial score (nSPS) is 12.3. The molecule has 0 radical (unpaired) electrons.